The van der Waals surface area contributed by atoms with Crippen molar-refractivity contribution in [3.8, 4) is 0 Å². The lowest BCUT2D eigenvalue weighted by Gasteiger charge is -2.00. The molecule has 0 spiro atoms. The number of aryl methyl sites for hydroxylation is 1. The second kappa shape index (κ2) is 5.07. The Morgan fingerprint density at radius 2 is 2.21 bits per heavy atom. The highest BCUT2D eigenvalue weighted by Crippen LogP contribution is 2.09. The molecule has 0 atom stereocenters. The van der Waals surface area contributed by atoms with Crippen LogP contribution in [0.25, 0.3) is 0 Å². The van der Waals surface area contributed by atoms with Gasteiger partial charge in [0.25, 0.3) is 0 Å². The van der Waals surface area contributed by atoms with Crippen LogP contribution >= 0.6 is 0 Å². The van der Waals surface area contributed by atoms with Gasteiger partial charge in [-0.05, 0) is 0 Å². The molecule has 0 radical (unpaired) electrons. The Morgan fingerprint density at radius 3 is 2.71 bits per heavy atom. The van der Waals surface area contributed by atoms with Gasteiger partial charge in [0.1, 0.15) is 6.61 Å². The topological polar surface area (TPSA) is 66.0 Å². The van der Waals surface area contributed by atoms with E-state index in [9.17, 15) is 0 Å². The van der Waals surface area contributed by atoms with E-state index in [1.54, 1.807) is 4.68 Å². The molecular formula is C9H18N4O. The van der Waals surface area contributed by atoms with Crippen LogP contribution in [0.4, 0.5) is 0 Å². The minimum atomic E-state index is 0.351. The van der Waals surface area contributed by atoms with Crippen molar-refractivity contribution in [2.24, 2.45) is 12.8 Å². The summed E-state index contributed by atoms with van der Waals surface area (Å²) >= 11 is 0. The highest BCUT2D eigenvalue weighted by Gasteiger charge is 2.09. The summed E-state index contributed by atoms with van der Waals surface area (Å²) in [6, 6.07) is 0. The van der Waals surface area contributed by atoms with Crippen LogP contribution in [-0.4, -0.2) is 27.9 Å². The summed E-state index contributed by atoms with van der Waals surface area (Å²) in [4.78, 5) is 4.37. The molecule has 0 bridgehead atoms. The summed E-state index contributed by atoms with van der Waals surface area (Å²) in [5.41, 5.74) is 5.32. The second-order valence-corrected chi connectivity index (χ2v) is 3.51. The van der Waals surface area contributed by atoms with E-state index in [-0.39, 0.29) is 0 Å². The molecule has 2 N–H and O–H groups in total. The SMILES string of the molecule is CC(C)c1nc(COCCN)n(C)n1. The second-order valence-electron chi connectivity index (χ2n) is 3.51. The molecule has 0 aliphatic carbocycles. The van der Waals surface area contributed by atoms with Gasteiger partial charge in [0.05, 0.1) is 6.61 Å². The zero-order valence-electron chi connectivity index (χ0n) is 9.03. The summed E-state index contributed by atoms with van der Waals surface area (Å²) in [5, 5.41) is 4.28. The van der Waals surface area contributed by atoms with Crippen molar-refractivity contribution in [2.75, 3.05) is 13.2 Å². The van der Waals surface area contributed by atoms with E-state index < -0.39 is 0 Å². The lowest BCUT2D eigenvalue weighted by Crippen LogP contribution is -2.10. The largest absolute Gasteiger partial charge is 0.372 e. The molecule has 1 rings (SSSR count). The first kappa shape index (κ1) is 11.1. The van der Waals surface area contributed by atoms with Crippen LogP contribution in [0, 0.1) is 0 Å². The normalized spacial score (nSPS) is 11.2. The van der Waals surface area contributed by atoms with Crippen LogP contribution in [0.1, 0.15) is 31.4 Å². The zero-order chi connectivity index (χ0) is 10.6. The Hall–Kier alpha value is -0.940. The van der Waals surface area contributed by atoms with Crippen LogP contribution in [0.15, 0.2) is 0 Å². The average molecular weight is 198 g/mol. The van der Waals surface area contributed by atoms with E-state index in [1.807, 2.05) is 7.05 Å². The van der Waals surface area contributed by atoms with Crippen LogP contribution in [0.5, 0.6) is 0 Å². The fourth-order valence-corrected chi connectivity index (χ4v) is 1.06. The molecule has 1 aromatic rings. The minimum absolute atomic E-state index is 0.351. The van der Waals surface area contributed by atoms with Gasteiger partial charge in [0.2, 0.25) is 0 Å². The lowest BCUT2D eigenvalue weighted by molar-refractivity contribution is 0.120. The van der Waals surface area contributed by atoms with E-state index in [0.29, 0.717) is 25.7 Å². The Morgan fingerprint density at radius 1 is 1.50 bits per heavy atom. The fraction of sp³-hybridized carbons (Fsp3) is 0.778. The van der Waals surface area contributed by atoms with Gasteiger partial charge in [-0.1, -0.05) is 13.8 Å². The maximum absolute atomic E-state index is 5.32. The van der Waals surface area contributed by atoms with Crippen molar-refractivity contribution in [2.45, 2.75) is 26.4 Å². The molecule has 0 aliphatic rings. The Kier molecular flexibility index (Phi) is 4.03. The van der Waals surface area contributed by atoms with Crippen molar-refractivity contribution in [3.05, 3.63) is 11.6 Å². The maximum Gasteiger partial charge on any atom is 0.153 e. The molecule has 80 valence electrons. The molecule has 0 aliphatic heterocycles. The number of nitrogens with two attached hydrogens (primary N) is 1. The van der Waals surface area contributed by atoms with Gasteiger partial charge in [-0.2, -0.15) is 5.10 Å². The van der Waals surface area contributed by atoms with Crippen molar-refractivity contribution in [1.29, 1.82) is 0 Å². The third-order valence-electron chi connectivity index (χ3n) is 1.88. The van der Waals surface area contributed by atoms with Crippen LogP contribution in [0.2, 0.25) is 0 Å². The zero-order valence-corrected chi connectivity index (χ0v) is 9.03. The fourth-order valence-electron chi connectivity index (χ4n) is 1.06. The number of rotatable bonds is 5. The molecule has 0 saturated carbocycles. The third-order valence-corrected chi connectivity index (χ3v) is 1.88. The number of hydrogen-bond acceptors (Lipinski definition) is 4. The molecule has 1 heterocycles. The highest BCUT2D eigenvalue weighted by atomic mass is 16.5. The van der Waals surface area contributed by atoms with Gasteiger partial charge < -0.3 is 10.5 Å². The summed E-state index contributed by atoms with van der Waals surface area (Å²) in [6.45, 7) is 5.71. The number of hydrogen-bond donors (Lipinski definition) is 1. The van der Waals surface area contributed by atoms with Crippen LogP contribution < -0.4 is 5.73 Å². The Bertz CT molecular complexity index is 282. The molecular weight excluding hydrogens is 180 g/mol. The summed E-state index contributed by atoms with van der Waals surface area (Å²) in [5.74, 6) is 2.06. The molecule has 0 saturated heterocycles. The average Bonchev–Trinajstić information content (AvgIpc) is 2.49. The van der Waals surface area contributed by atoms with Crippen molar-refractivity contribution >= 4 is 0 Å². The molecule has 0 amide bonds. The van der Waals surface area contributed by atoms with Crippen molar-refractivity contribution in [1.82, 2.24) is 14.8 Å². The van der Waals surface area contributed by atoms with Crippen molar-refractivity contribution < 1.29 is 4.74 Å². The number of ether oxygens (including phenoxy) is 1. The summed E-state index contributed by atoms with van der Waals surface area (Å²) < 4.78 is 7.05. The third kappa shape index (κ3) is 2.78. The Labute approximate surface area is 84.3 Å². The van der Waals surface area contributed by atoms with E-state index in [4.69, 9.17) is 10.5 Å². The van der Waals surface area contributed by atoms with Gasteiger partial charge in [-0.15, -0.1) is 0 Å². The van der Waals surface area contributed by atoms with Gasteiger partial charge in [0.15, 0.2) is 11.6 Å². The van der Waals surface area contributed by atoms with E-state index in [0.717, 1.165) is 11.6 Å². The minimum Gasteiger partial charge on any atom is -0.372 e. The Balaban J connectivity index is 2.58. The predicted molar refractivity (Wildman–Crippen MR) is 53.8 cm³/mol. The van der Waals surface area contributed by atoms with Gasteiger partial charge in [-0.3, -0.25) is 4.68 Å². The first-order valence-corrected chi connectivity index (χ1v) is 4.82. The maximum atomic E-state index is 5.32. The van der Waals surface area contributed by atoms with Gasteiger partial charge >= 0.3 is 0 Å². The van der Waals surface area contributed by atoms with E-state index in [2.05, 4.69) is 23.9 Å². The molecule has 5 heteroatoms. The lowest BCUT2D eigenvalue weighted by atomic mass is 10.2. The highest BCUT2D eigenvalue weighted by molar-refractivity contribution is 4.95. The summed E-state index contributed by atoms with van der Waals surface area (Å²) in [7, 11) is 1.88. The van der Waals surface area contributed by atoms with Gasteiger partial charge in [-0.25, -0.2) is 4.98 Å². The molecule has 1 aromatic heterocycles. The first-order valence-electron chi connectivity index (χ1n) is 4.82. The number of aromatic nitrogens is 3. The molecule has 0 aromatic carbocycles. The summed E-state index contributed by atoms with van der Waals surface area (Å²) in [6.07, 6.45) is 0. The van der Waals surface area contributed by atoms with Gasteiger partial charge in [0, 0.05) is 19.5 Å². The molecule has 14 heavy (non-hydrogen) atoms. The first-order chi connectivity index (χ1) is 6.65. The van der Waals surface area contributed by atoms with Crippen LogP contribution in [-0.2, 0) is 18.4 Å². The standard InChI is InChI=1S/C9H18N4O/c1-7(2)9-11-8(13(3)12-9)6-14-5-4-10/h7H,4-6,10H2,1-3H3. The monoisotopic (exact) mass is 198 g/mol. The smallest absolute Gasteiger partial charge is 0.153 e. The quantitative estimate of drug-likeness (QED) is 0.696. The van der Waals surface area contributed by atoms with Crippen molar-refractivity contribution in [3.63, 3.8) is 0 Å². The van der Waals surface area contributed by atoms with Crippen LogP contribution in [0.3, 0.4) is 0 Å². The van der Waals surface area contributed by atoms with E-state index in [1.165, 1.54) is 0 Å². The molecule has 0 unspecified atom stereocenters. The predicted octanol–water partition coefficient (Wildman–Crippen LogP) is 0.414. The number of nitrogens with zero attached hydrogens (tertiary/aromatic N) is 3. The molecule has 0 fully saturated rings. The van der Waals surface area contributed by atoms with E-state index >= 15 is 0 Å². The molecule has 5 nitrogen and oxygen atoms in total.